The smallest absolute Gasteiger partial charge is 0.329 e. The molecule has 0 bridgehead atoms. The van der Waals surface area contributed by atoms with Crippen LogP contribution in [0.5, 0.6) is 5.75 Å². The summed E-state index contributed by atoms with van der Waals surface area (Å²) >= 11 is 0. The number of anilines is 1. The summed E-state index contributed by atoms with van der Waals surface area (Å²) in [5, 5.41) is 6.31. The number of likely N-dealkylation sites (tertiary alicyclic amines) is 1. The van der Waals surface area contributed by atoms with E-state index < -0.39 is 11.8 Å². The molecule has 0 radical (unpaired) electrons. The van der Waals surface area contributed by atoms with Crippen LogP contribution in [0.1, 0.15) is 24.0 Å². The summed E-state index contributed by atoms with van der Waals surface area (Å²) in [6.07, 6.45) is 3.46. The number of amides is 3. The molecule has 1 aliphatic heterocycles. The van der Waals surface area contributed by atoms with Gasteiger partial charge in [-0.05, 0) is 55.2 Å². The molecule has 0 unspecified atom stereocenters. The van der Waals surface area contributed by atoms with Gasteiger partial charge in [0.05, 0.1) is 6.21 Å². The number of nitrogens with zero attached hydrogens (tertiary/aromatic N) is 2. The standard InChI is InChI=1S/C22H24N4O4/c1-16-6-4-8-18(12-16)24-21(28)22(29)25-23-14-17-7-5-9-19(13-17)30-15-20(27)26-10-2-3-11-26/h4-9,12-14H,2-3,10-11,15H2,1H3,(H,24,28)(H,25,29)/b23-14-. The number of rotatable bonds is 6. The molecule has 3 amide bonds. The molecule has 8 heteroatoms. The number of carbonyl (C=O) groups is 3. The third kappa shape index (κ3) is 6.16. The number of aryl methyl sites for hydroxylation is 1. The maximum absolute atomic E-state index is 12.1. The lowest BCUT2D eigenvalue weighted by atomic mass is 10.2. The molecule has 8 nitrogen and oxygen atoms in total. The second-order valence-corrected chi connectivity index (χ2v) is 6.97. The van der Waals surface area contributed by atoms with Crippen LogP contribution in [0, 0.1) is 6.92 Å². The molecule has 3 rings (SSSR count). The van der Waals surface area contributed by atoms with Crippen molar-refractivity contribution in [2.75, 3.05) is 25.0 Å². The van der Waals surface area contributed by atoms with Crippen molar-refractivity contribution in [2.24, 2.45) is 5.10 Å². The van der Waals surface area contributed by atoms with Gasteiger partial charge in [-0.15, -0.1) is 0 Å². The summed E-state index contributed by atoms with van der Waals surface area (Å²) < 4.78 is 5.56. The molecule has 0 aliphatic carbocycles. The third-order valence-corrected chi connectivity index (χ3v) is 4.54. The highest BCUT2D eigenvalue weighted by Gasteiger charge is 2.18. The van der Waals surface area contributed by atoms with Gasteiger partial charge in [0, 0.05) is 18.8 Å². The summed E-state index contributed by atoms with van der Waals surface area (Å²) in [7, 11) is 0. The molecular formula is C22H24N4O4. The number of benzene rings is 2. The van der Waals surface area contributed by atoms with E-state index in [1.165, 1.54) is 6.21 Å². The van der Waals surface area contributed by atoms with Gasteiger partial charge in [-0.25, -0.2) is 5.43 Å². The van der Waals surface area contributed by atoms with Crippen molar-refractivity contribution in [3.05, 3.63) is 59.7 Å². The van der Waals surface area contributed by atoms with Crippen molar-refractivity contribution in [3.63, 3.8) is 0 Å². The van der Waals surface area contributed by atoms with E-state index in [1.807, 2.05) is 13.0 Å². The van der Waals surface area contributed by atoms with Crippen molar-refractivity contribution in [1.29, 1.82) is 0 Å². The highest BCUT2D eigenvalue weighted by Crippen LogP contribution is 2.13. The number of hydrazone groups is 1. The van der Waals surface area contributed by atoms with E-state index in [-0.39, 0.29) is 12.5 Å². The molecule has 30 heavy (non-hydrogen) atoms. The Kier molecular flexibility index (Phi) is 7.15. The van der Waals surface area contributed by atoms with E-state index in [4.69, 9.17) is 4.74 Å². The number of hydrogen-bond donors (Lipinski definition) is 2. The summed E-state index contributed by atoms with van der Waals surface area (Å²) in [4.78, 5) is 37.7. The first-order valence-electron chi connectivity index (χ1n) is 9.73. The Labute approximate surface area is 174 Å². The van der Waals surface area contributed by atoms with Crippen LogP contribution in [0.15, 0.2) is 53.6 Å². The fourth-order valence-corrected chi connectivity index (χ4v) is 3.01. The molecule has 0 spiro atoms. The van der Waals surface area contributed by atoms with E-state index in [2.05, 4.69) is 15.8 Å². The maximum atomic E-state index is 12.1. The largest absolute Gasteiger partial charge is 0.484 e. The Bertz CT molecular complexity index is 952. The van der Waals surface area contributed by atoms with Crippen LogP contribution in [0.2, 0.25) is 0 Å². The summed E-state index contributed by atoms with van der Waals surface area (Å²) in [5.74, 6) is -1.19. The lowest BCUT2D eigenvalue weighted by Gasteiger charge is -2.15. The molecule has 0 atom stereocenters. The Morgan fingerprint density at radius 2 is 1.83 bits per heavy atom. The number of ether oxygens (including phenoxy) is 1. The second kappa shape index (κ2) is 10.2. The van der Waals surface area contributed by atoms with Gasteiger partial charge in [0.2, 0.25) is 0 Å². The Morgan fingerprint density at radius 1 is 1.07 bits per heavy atom. The SMILES string of the molecule is Cc1cccc(NC(=O)C(=O)N/N=C\c2cccc(OCC(=O)N3CCCC3)c2)c1. The van der Waals surface area contributed by atoms with Gasteiger partial charge in [0.15, 0.2) is 6.61 Å². The molecule has 0 saturated carbocycles. The quantitative estimate of drug-likeness (QED) is 0.434. The second-order valence-electron chi connectivity index (χ2n) is 6.97. The predicted molar refractivity (Wildman–Crippen MR) is 113 cm³/mol. The van der Waals surface area contributed by atoms with Crippen LogP contribution in [0.3, 0.4) is 0 Å². The topological polar surface area (TPSA) is 100 Å². The number of hydrogen-bond acceptors (Lipinski definition) is 5. The maximum Gasteiger partial charge on any atom is 0.329 e. The Balaban J connectivity index is 1.48. The summed E-state index contributed by atoms with van der Waals surface area (Å²) in [6.45, 7) is 3.44. The van der Waals surface area contributed by atoms with Gasteiger partial charge in [0.1, 0.15) is 5.75 Å². The van der Waals surface area contributed by atoms with Crippen molar-refractivity contribution in [2.45, 2.75) is 19.8 Å². The van der Waals surface area contributed by atoms with Crippen molar-refractivity contribution >= 4 is 29.6 Å². The van der Waals surface area contributed by atoms with Crippen LogP contribution in [-0.2, 0) is 14.4 Å². The molecule has 1 saturated heterocycles. The zero-order valence-corrected chi connectivity index (χ0v) is 16.8. The third-order valence-electron chi connectivity index (χ3n) is 4.54. The van der Waals surface area contributed by atoms with Crippen LogP contribution in [0.4, 0.5) is 5.69 Å². The minimum absolute atomic E-state index is 0.0174. The van der Waals surface area contributed by atoms with Gasteiger partial charge < -0.3 is 15.0 Å². The summed E-state index contributed by atoms with van der Waals surface area (Å²) in [6, 6.07) is 14.1. The molecule has 1 fully saturated rings. The molecule has 1 heterocycles. The van der Waals surface area contributed by atoms with E-state index in [1.54, 1.807) is 47.4 Å². The van der Waals surface area contributed by atoms with Gasteiger partial charge >= 0.3 is 11.8 Å². The lowest BCUT2D eigenvalue weighted by molar-refractivity contribution is -0.136. The van der Waals surface area contributed by atoms with Crippen LogP contribution >= 0.6 is 0 Å². The Hall–Kier alpha value is -3.68. The van der Waals surface area contributed by atoms with Crippen molar-refractivity contribution in [3.8, 4) is 5.75 Å². The molecule has 2 aromatic carbocycles. The van der Waals surface area contributed by atoms with Gasteiger partial charge in [-0.2, -0.15) is 5.10 Å². The monoisotopic (exact) mass is 408 g/mol. The minimum atomic E-state index is -0.878. The molecular weight excluding hydrogens is 384 g/mol. The van der Waals surface area contributed by atoms with Crippen LogP contribution in [-0.4, -0.2) is 48.5 Å². The van der Waals surface area contributed by atoms with E-state index in [0.29, 0.717) is 17.0 Å². The highest BCUT2D eigenvalue weighted by atomic mass is 16.5. The van der Waals surface area contributed by atoms with Crippen LogP contribution in [0.25, 0.3) is 0 Å². The zero-order chi connectivity index (χ0) is 21.3. The predicted octanol–water partition coefficient (Wildman–Crippen LogP) is 2.09. The molecule has 2 aromatic rings. The highest BCUT2D eigenvalue weighted by molar-refractivity contribution is 6.39. The molecule has 1 aliphatic rings. The Morgan fingerprint density at radius 3 is 2.60 bits per heavy atom. The first-order valence-corrected chi connectivity index (χ1v) is 9.73. The molecule has 156 valence electrons. The molecule has 0 aromatic heterocycles. The normalized spacial score (nSPS) is 13.3. The average Bonchev–Trinajstić information content (AvgIpc) is 3.27. The number of nitrogens with one attached hydrogen (secondary N) is 2. The van der Waals surface area contributed by atoms with Crippen molar-refractivity contribution in [1.82, 2.24) is 10.3 Å². The fraction of sp³-hybridized carbons (Fsp3) is 0.273. The van der Waals surface area contributed by atoms with Gasteiger partial charge in [-0.3, -0.25) is 14.4 Å². The van der Waals surface area contributed by atoms with E-state index in [9.17, 15) is 14.4 Å². The summed E-state index contributed by atoms with van der Waals surface area (Å²) in [5.41, 5.74) is 4.35. The average molecular weight is 408 g/mol. The first kappa shape index (κ1) is 21.0. The molecule has 2 N–H and O–H groups in total. The van der Waals surface area contributed by atoms with Crippen molar-refractivity contribution < 1.29 is 19.1 Å². The first-order chi connectivity index (χ1) is 14.5. The van der Waals surface area contributed by atoms with Gasteiger partial charge in [0.25, 0.3) is 5.91 Å². The lowest BCUT2D eigenvalue weighted by Crippen LogP contribution is -2.32. The zero-order valence-electron chi connectivity index (χ0n) is 16.8. The minimum Gasteiger partial charge on any atom is -0.484 e. The van der Waals surface area contributed by atoms with E-state index >= 15 is 0 Å². The van der Waals surface area contributed by atoms with Gasteiger partial charge in [-0.1, -0.05) is 24.3 Å². The number of carbonyl (C=O) groups excluding carboxylic acids is 3. The fourth-order valence-electron chi connectivity index (χ4n) is 3.01. The van der Waals surface area contributed by atoms with E-state index in [0.717, 1.165) is 31.5 Å². The van der Waals surface area contributed by atoms with Crippen LogP contribution < -0.4 is 15.5 Å².